The van der Waals surface area contributed by atoms with Crippen molar-refractivity contribution < 1.29 is 19.2 Å². The van der Waals surface area contributed by atoms with Crippen LogP contribution < -0.4 is 4.84 Å². The Labute approximate surface area is 119 Å². The summed E-state index contributed by atoms with van der Waals surface area (Å²) in [6.07, 6.45) is 0.901. The molecule has 0 unspecified atom stereocenters. The van der Waals surface area contributed by atoms with E-state index in [0.29, 0.717) is 0 Å². The molecule has 106 valence electrons. The van der Waals surface area contributed by atoms with Crippen molar-refractivity contribution in [2.75, 3.05) is 0 Å². The van der Waals surface area contributed by atoms with E-state index >= 15 is 0 Å². The minimum absolute atomic E-state index is 0.0720. The van der Waals surface area contributed by atoms with E-state index in [1.54, 1.807) is 18.2 Å². The maximum absolute atomic E-state index is 11.2. The fourth-order valence-electron chi connectivity index (χ4n) is 1.27. The number of carbonyl (C=O) groups is 2. The van der Waals surface area contributed by atoms with Crippen molar-refractivity contribution in [3.63, 3.8) is 0 Å². The van der Waals surface area contributed by atoms with Gasteiger partial charge in [-0.1, -0.05) is 35.2 Å². The summed E-state index contributed by atoms with van der Waals surface area (Å²) in [6, 6.07) is 12.5. The Morgan fingerprint density at radius 2 is 1.90 bits per heavy atom. The third-order valence-electron chi connectivity index (χ3n) is 2.14. The van der Waals surface area contributed by atoms with Gasteiger partial charge in [0.05, 0.1) is 12.4 Å². The van der Waals surface area contributed by atoms with Crippen molar-refractivity contribution >= 4 is 18.2 Å². The Hall–Kier alpha value is -3.25. The Bertz CT molecular complexity index is 661. The number of carbonyl (C=O) groups excluding carboxylic acids is 2. The van der Waals surface area contributed by atoms with Crippen LogP contribution in [0.2, 0.25) is 0 Å². The Kier molecular flexibility index (Phi) is 4.97. The van der Waals surface area contributed by atoms with Crippen LogP contribution in [0.1, 0.15) is 5.56 Å². The number of hydrogen-bond donors (Lipinski definition) is 0. The van der Waals surface area contributed by atoms with E-state index in [9.17, 15) is 9.59 Å². The molecule has 1 aromatic carbocycles. The van der Waals surface area contributed by atoms with Crippen LogP contribution in [-0.2, 0) is 11.3 Å². The lowest BCUT2D eigenvalue weighted by Crippen LogP contribution is -2.16. The molecule has 0 saturated carbocycles. The largest absolute Gasteiger partial charge is 0.469 e. The molecule has 0 atom stereocenters. The first-order valence-electron chi connectivity index (χ1n) is 5.83. The van der Waals surface area contributed by atoms with Gasteiger partial charge in [0.15, 0.2) is 0 Å². The summed E-state index contributed by atoms with van der Waals surface area (Å²) in [4.78, 5) is 34.2. The van der Waals surface area contributed by atoms with Gasteiger partial charge in [-0.2, -0.15) is 0 Å². The normalized spacial score (nSPS) is 9.33. The predicted molar refractivity (Wildman–Crippen MR) is 70.7 cm³/mol. The van der Waals surface area contributed by atoms with E-state index in [4.69, 9.17) is 4.74 Å². The van der Waals surface area contributed by atoms with Crippen LogP contribution in [0.5, 0.6) is 0 Å². The molecule has 8 heteroatoms. The molecule has 2 amide bonds. The van der Waals surface area contributed by atoms with Gasteiger partial charge in [0, 0.05) is 0 Å². The average Bonchev–Trinajstić information content (AvgIpc) is 2.99. The fraction of sp³-hybridized carbons (Fsp3) is 0.0769. The van der Waals surface area contributed by atoms with Gasteiger partial charge in [0.25, 0.3) is 0 Å². The van der Waals surface area contributed by atoms with Crippen LogP contribution in [0, 0.1) is 0 Å². The van der Waals surface area contributed by atoms with Gasteiger partial charge in [-0.3, -0.25) is 4.84 Å². The zero-order chi connectivity index (χ0) is 14.9. The number of ether oxygens (including phenoxy) is 1. The van der Waals surface area contributed by atoms with Gasteiger partial charge in [0.2, 0.25) is 0 Å². The number of amides is 2. The molecular formula is C13H10N4O4. The molecule has 0 aliphatic heterocycles. The first-order valence-corrected chi connectivity index (χ1v) is 5.83. The molecule has 0 aliphatic carbocycles. The van der Waals surface area contributed by atoms with Gasteiger partial charge in [0.1, 0.15) is 12.6 Å². The topological polar surface area (TPSA) is 95.1 Å². The molecule has 2 rings (SSSR count). The van der Waals surface area contributed by atoms with Crippen molar-refractivity contribution in [2.24, 2.45) is 9.98 Å². The maximum Gasteiger partial charge on any atom is 0.469 e. The Morgan fingerprint density at radius 1 is 1.14 bits per heavy atom. The van der Waals surface area contributed by atoms with E-state index in [2.05, 4.69) is 19.9 Å². The number of rotatable bonds is 3. The average molecular weight is 286 g/mol. The van der Waals surface area contributed by atoms with Crippen LogP contribution in [0.4, 0.5) is 9.59 Å². The third kappa shape index (κ3) is 5.09. The van der Waals surface area contributed by atoms with E-state index in [1.165, 1.54) is 12.4 Å². The minimum atomic E-state index is -1.02. The highest BCUT2D eigenvalue weighted by atomic mass is 16.7. The summed E-state index contributed by atoms with van der Waals surface area (Å²) >= 11 is 0. The number of benzene rings is 1. The van der Waals surface area contributed by atoms with Crippen molar-refractivity contribution in [3.8, 4) is 0 Å². The first kappa shape index (κ1) is 14.2. The molecule has 0 N–H and O–H groups in total. The van der Waals surface area contributed by atoms with Crippen molar-refractivity contribution in [2.45, 2.75) is 6.61 Å². The highest BCUT2D eigenvalue weighted by Crippen LogP contribution is 2.00. The highest BCUT2D eigenvalue weighted by molar-refractivity contribution is 5.81. The number of hydrogen-bond acceptors (Lipinski definition) is 5. The van der Waals surface area contributed by atoms with Gasteiger partial charge >= 0.3 is 12.2 Å². The molecule has 8 nitrogen and oxygen atoms in total. The smallest absolute Gasteiger partial charge is 0.443 e. The molecule has 0 aliphatic rings. The van der Waals surface area contributed by atoms with E-state index in [0.717, 1.165) is 10.4 Å². The highest BCUT2D eigenvalue weighted by Gasteiger charge is 2.01. The van der Waals surface area contributed by atoms with E-state index in [-0.39, 0.29) is 6.61 Å². The molecule has 0 saturated heterocycles. The van der Waals surface area contributed by atoms with Crippen LogP contribution >= 0.6 is 0 Å². The van der Waals surface area contributed by atoms with Crippen molar-refractivity contribution in [3.05, 3.63) is 54.4 Å². The molecular weight excluding hydrogens is 276 g/mol. The lowest BCUT2D eigenvalue weighted by Gasteiger charge is -1.99. The van der Waals surface area contributed by atoms with Gasteiger partial charge in [-0.15, -0.1) is 15.1 Å². The molecule has 0 spiro atoms. The molecule has 0 fully saturated rings. The first-order chi connectivity index (χ1) is 10.2. The maximum atomic E-state index is 11.2. The predicted octanol–water partition coefficient (Wildman–Crippen LogP) is 1.94. The zero-order valence-electron chi connectivity index (χ0n) is 10.7. The Balaban J connectivity index is 1.78. The lowest BCUT2D eigenvalue weighted by atomic mass is 10.2. The van der Waals surface area contributed by atoms with Gasteiger partial charge in [-0.05, 0) is 11.6 Å². The second-order valence-corrected chi connectivity index (χ2v) is 3.63. The number of aliphatic imine (C=N–C) groups is 2. The van der Waals surface area contributed by atoms with Gasteiger partial charge < -0.3 is 4.74 Å². The summed E-state index contributed by atoms with van der Waals surface area (Å²) < 4.78 is 4.82. The number of nitrogens with zero attached hydrogens (tertiary/aromatic N) is 4. The molecule has 0 bridgehead atoms. The third-order valence-corrected chi connectivity index (χ3v) is 2.14. The lowest BCUT2D eigenvalue weighted by molar-refractivity contribution is 0.126. The summed E-state index contributed by atoms with van der Waals surface area (Å²) in [5.74, 6) is 0. The van der Waals surface area contributed by atoms with Crippen LogP contribution in [0.3, 0.4) is 0 Å². The Morgan fingerprint density at radius 3 is 2.62 bits per heavy atom. The summed E-state index contributed by atoms with van der Waals surface area (Å²) in [5.41, 5.74) is 0.816. The van der Waals surface area contributed by atoms with Crippen molar-refractivity contribution in [1.82, 2.24) is 9.94 Å². The molecule has 1 aromatic heterocycles. The molecule has 1 heterocycles. The zero-order valence-corrected chi connectivity index (χ0v) is 10.7. The van der Waals surface area contributed by atoms with E-state index in [1.807, 2.05) is 24.2 Å². The number of aromatic nitrogens is 2. The quantitative estimate of drug-likeness (QED) is 0.803. The standard InChI is InChI=1S/C13H10N4O4/c18-12(20-9-11-5-2-1-3-6-11)14-10-15-13(19)21-17-8-4-7-16-17/h1-8H,9H2. The van der Waals surface area contributed by atoms with Gasteiger partial charge in [-0.25, -0.2) is 9.59 Å². The molecule has 21 heavy (non-hydrogen) atoms. The van der Waals surface area contributed by atoms with E-state index < -0.39 is 12.2 Å². The summed E-state index contributed by atoms with van der Waals surface area (Å²) in [6.45, 7) is 0.0720. The fourth-order valence-corrected chi connectivity index (χ4v) is 1.27. The van der Waals surface area contributed by atoms with Crippen LogP contribution in [0.25, 0.3) is 0 Å². The summed E-state index contributed by atoms with van der Waals surface area (Å²) in [5, 5.41) is 3.63. The molecule has 0 radical (unpaired) electrons. The second-order valence-electron chi connectivity index (χ2n) is 3.63. The minimum Gasteiger partial charge on any atom is -0.443 e. The summed E-state index contributed by atoms with van der Waals surface area (Å²) in [7, 11) is 0. The second kappa shape index (κ2) is 7.37. The SMILES string of the molecule is O=C(N=C=NC(=O)On1cccn1)OCc1ccccc1. The van der Waals surface area contributed by atoms with Crippen LogP contribution in [0.15, 0.2) is 58.8 Å². The molecule has 2 aromatic rings. The monoisotopic (exact) mass is 286 g/mol. The van der Waals surface area contributed by atoms with Crippen molar-refractivity contribution in [1.29, 1.82) is 0 Å². The van der Waals surface area contributed by atoms with Crippen LogP contribution in [-0.4, -0.2) is 28.1 Å².